The maximum Gasteiger partial charge on any atom is 0.269 e. The zero-order chi connectivity index (χ0) is 8.97. The normalized spacial score (nSPS) is 8.77. The molecule has 1 heterocycles. The summed E-state index contributed by atoms with van der Waals surface area (Å²) in [5.41, 5.74) is 6.49. The van der Waals surface area contributed by atoms with Gasteiger partial charge in [-0.1, -0.05) is 6.07 Å². The second-order valence-corrected chi connectivity index (χ2v) is 2.30. The molecule has 0 bridgehead atoms. The molecule has 13 heavy (non-hydrogen) atoms. The molecule has 0 radical (unpaired) electrons. The number of hydrogen-bond donors (Lipinski definition) is 2. The van der Waals surface area contributed by atoms with Gasteiger partial charge in [0.2, 0.25) is 0 Å². The van der Waals surface area contributed by atoms with Crippen LogP contribution in [0.4, 0.5) is 0 Å². The Bertz CT molecular complexity index is 290. The van der Waals surface area contributed by atoms with E-state index in [-0.39, 0.29) is 18.3 Å². The van der Waals surface area contributed by atoms with Gasteiger partial charge in [-0.25, -0.2) is 4.98 Å². The van der Waals surface area contributed by atoms with Crippen molar-refractivity contribution in [2.75, 3.05) is 7.05 Å². The van der Waals surface area contributed by atoms with Gasteiger partial charge in [-0.15, -0.1) is 12.4 Å². The van der Waals surface area contributed by atoms with Gasteiger partial charge in [-0.3, -0.25) is 4.79 Å². The van der Waals surface area contributed by atoms with Crippen LogP contribution in [0.3, 0.4) is 0 Å². The average molecular weight is 202 g/mol. The largest absolute Gasteiger partial charge is 0.354 e. The number of aromatic nitrogens is 1. The van der Waals surface area contributed by atoms with Crippen LogP contribution < -0.4 is 11.1 Å². The van der Waals surface area contributed by atoms with Gasteiger partial charge in [0, 0.05) is 13.6 Å². The summed E-state index contributed by atoms with van der Waals surface area (Å²) in [7, 11) is 1.57. The van der Waals surface area contributed by atoms with E-state index < -0.39 is 0 Å². The molecule has 0 aliphatic rings. The van der Waals surface area contributed by atoms with Crippen molar-refractivity contribution in [2.45, 2.75) is 6.54 Å². The van der Waals surface area contributed by atoms with Crippen LogP contribution in [0.1, 0.15) is 16.2 Å². The second kappa shape index (κ2) is 5.50. The lowest BCUT2D eigenvalue weighted by atomic mass is 10.3. The van der Waals surface area contributed by atoms with Crippen LogP contribution in [0.15, 0.2) is 18.2 Å². The predicted molar refractivity (Wildman–Crippen MR) is 52.8 cm³/mol. The molecule has 3 N–H and O–H groups in total. The Kier molecular flexibility index (Phi) is 5.03. The highest BCUT2D eigenvalue weighted by molar-refractivity contribution is 5.91. The lowest BCUT2D eigenvalue weighted by molar-refractivity contribution is 0.0958. The van der Waals surface area contributed by atoms with E-state index in [0.717, 1.165) is 5.69 Å². The van der Waals surface area contributed by atoms with Gasteiger partial charge in [0.05, 0.1) is 5.69 Å². The molecule has 0 spiro atoms. The molecule has 1 amide bonds. The van der Waals surface area contributed by atoms with Crippen molar-refractivity contribution in [1.29, 1.82) is 0 Å². The fourth-order valence-electron chi connectivity index (χ4n) is 0.848. The molecule has 1 rings (SSSR count). The fraction of sp³-hybridized carbons (Fsp3) is 0.250. The van der Waals surface area contributed by atoms with Crippen molar-refractivity contribution in [3.8, 4) is 0 Å². The van der Waals surface area contributed by atoms with Crippen molar-refractivity contribution in [1.82, 2.24) is 10.3 Å². The highest BCUT2D eigenvalue weighted by atomic mass is 35.5. The summed E-state index contributed by atoms with van der Waals surface area (Å²) < 4.78 is 0. The molecule has 1 aromatic rings. The molecular weight excluding hydrogens is 190 g/mol. The Morgan fingerprint density at radius 2 is 2.31 bits per heavy atom. The number of nitrogens with one attached hydrogen (secondary N) is 1. The first-order valence-electron chi connectivity index (χ1n) is 3.66. The van der Waals surface area contributed by atoms with Gasteiger partial charge in [-0.05, 0) is 12.1 Å². The summed E-state index contributed by atoms with van der Waals surface area (Å²) in [4.78, 5) is 15.1. The Balaban J connectivity index is 0.00000144. The summed E-state index contributed by atoms with van der Waals surface area (Å²) in [6.07, 6.45) is 0. The van der Waals surface area contributed by atoms with E-state index in [4.69, 9.17) is 5.73 Å². The molecule has 0 aliphatic heterocycles. The van der Waals surface area contributed by atoms with Gasteiger partial charge in [0.1, 0.15) is 5.69 Å². The van der Waals surface area contributed by atoms with E-state index in [1.807, 2.05) is 0 Å². The molecule has 5 heteroatoms. The van der Waals surface area contributed by atoms with Crippen molar-refractivity contribution in [3.05, 3.63) is 29.6 Å². The van der Waals surface area contributed by atoms with E-state index in [1.165, 1.54) is 0 Å². The third-order valence-corrected chi connectivity index (χ3v) is 1.48. The van der Waals surface area contributed by atoms with Gasteiger partial charge in [0.25, 0.3) is 5.91 Å². The van der Waals surface area contributed by atoms with E-state index in [2.05, 4.69) is 10.3 Å². The maximum atomic E-state index is 11.1. The van der Waals surface area contributed by atoms with E-state index in [0.29, 0.717) is 12.2 Å². The van der Waals surface area contributed by atoms with Crippen LogP contribution in [-0.2, 0) is 6.54 Å². The topological polar surface area (TPSA) is 68.0 Å². The van der Waals surface area contributed by atoms with Crippen LogP contribution in [0.2, 0.25) is 0 Å². The summed E-state index contributed by atoms with van der Waals surface area (Å²) in [6.45, 7) is 0.352. The zero-order valence-electron chi connectivity index (χ0n) is 7.28. The average Bonchev–Trinajstić information content (AvgIpc) is 2.17. The molecule has 0 unspecified atom stereocenters. The van der Waals surface area contributed by atoms with Crippen molar-refractivity contribution >= 4 is 18.3 Å². The lowest BCUT2D eigenvalue weighted by Gasteiger charge is -2.00. The number of nitrogens with two attached hydrogens (primary N) is 1. The molecule has 4 nitrogen and oxygen atoms in total. The Morgan fingerprint density at radius 1 is 1.62 bits per heavy atom. The Labute approximate surface area is 83.0 Å². The standard InChI is InChI=1S/C8H11N3O.ClH/c1-10-8(12)7-4-2-3-6(5-9)11-7;/h2-4H,5,9H2,1H3,(H,10,12);1H. The zero-order valence-corrected chi connectivity index (χ0v) is 8.10. The number of halogens is 1. The van der Waals surface area contributed by atoms with E-state index >= 15 is 0 Å². The summed E-state index contributed by atoms with van der Waals surface area (Å²) >= 11 is 0. The van der Waals surface area contributed by atoms with Crippen LogP contribution in [-0.4, -0.2) is 17.9 Å². The van der Waals surface area contributed by atoms with E-state index in [9.17, 15) is 4.79 Å². The lowest BCUT2D eigenvalue weighted by Crippen LogP contribution is -2.19. The minimum Gasteiger partial charge on any atom is -0.354 e. The van der Waals surface area contributed by atoms with Crippen molar-refractivity contribution in [3.63, 3.8) is 0 Å². The predicted octanol–water partition coefficient (Wildman–Crippen LogP) is 0.322. The first-order valence-corrected chi connectivity index (χ1v) is 3.66. The highest BCUT2D eigenvalue weighted by Gasteiger charge is 2.03. The molecule has 0 aromatic carbocycles. The van der Waals surface area contributed by atoms with Gasteiger partial charge < -0.3 is 11.1 Å². The first kappa shape index (κ1) is 11.9. The third-order valence-electron chi connectivity index (χ3n) is 1.48. The first-order chi connectivity index (χ1) is 5.77. The molecule has 72 valence electrons. The highest BCUT2D eigenvalue weighted by Crippen LogP contribution is 1.97. The smallest absolute Gasteiger partial charge is 0.269 e. The van der Waals surface area contributed by atoms with Crippen LogP contribution >= 0.6 is 12.4 Å². The minimum absolute atomic E-state index is 0. The maximum absolute atomic E-state index is 11.1. The van der Waals surface area contributed by atoms with Crippen LogP contribution in [0.5, 0.6) is 0 Å². The van der Waals surface area contributed by atoms with Crippen molar-refractivity contribution in [2.24, 2.45) is 5.73 Å². The number of carbonyl (C=O) groups is 1. The number of amides is 1. The molecular formula is C8H12ClN3O. The molecule has 0 saturated carbocycles. The summed E-state index contributed by atoms with van der Waals surface area (Å²) in [6, 6.07) is 5.20. The SMILES string of the molecule is CNC(=O)c1cccc(CN)n1.Cl. The Morgan fingerprint density at radius 3 is 2.85 bits per heavy atom. The number of nitrogens with zero attached hydrogens (tertiary/aromatic N) is 1. The quantitative estimate of drug-likeness (QED) is 0.724. The minimum atomic E-state index is -0.190. The molecule has 0 aliphatic carbocycles. The number of pyridine rings is 1. The third kappa shape index (κ3) is 3.01. The molecule has 0 atom stereocenters. The number of hydrogen-bond acceptors (Lipinski definition) is 3. The molecule has 0 saturated heterocycles. The number of rotatable bonds is 2. The number of carbonyl (C=O) groups excluding carboxylic acids is 1. The summed E-state index contributed by atoms with van der Waals surface area (Å²) in [5, 5.41) is 2.49. The monoisotopic (exact) mass is 201 g/mol. The molecule has 0 fully saturated rings. The Hall–Kier alpha value is -1.13. The van der Waals surface area contributed by atoms with Crippen LogP contribution in [0.25, 0.3) is 0 Å². The summed E-state index contributed by atoms with van der Waals surface area (Å²) in [5.74, 6) is -0.190. The fourth-order valence-corrected chi connectivity index (χ4v) is 0.848. The van der Waals surface area contributed by atoms with Crippen molar-refractivity contribution < 1.29 is 4.79 Å². The van der Waals surface area contributed by atoms with Crippen LogP contribution in [0, 0.1) is 0 Å². The van der Waals surface area contributed by atoms with Gasteiger partial charge in [0.15, 0.2) is 0 Å². The molecule has 1 aromatic heterocycles. The second-order valence-electron chi connectivity index (χ2n) is 2.30. The van der Waals surface area contributed by atoms with Gasteiger partial charge >= 0.3 is 0 Å². The van der Waals surface area contributed by atoms with Gasteiger partial charge in [-0.2, -0.15) is 0 Å². The van der Waals surface area contributed by atoms with E-state index in [1.54, 1.807) is 25.2 Å².